The molecule has 168 valence electrons. The van der Waals surface area contributed by atoms with Crippen LogP contribution < -0.4 is 14.8 Å². The molecule has 32 heavy (non-hydrogen) atoms. The van der Waals surface area contributed by atoms with Crippen LogP contribution in [0.15, 0.2) is 64.7 Å². The van der Waals surface area contributed by atoms with Crippen LogP contribution in [0.2, 0.25) is 5.02 Å². The summed E-state index contributed by atoms with van der Waals surface area (Å²) in [7, 11) is 1.61. The predicted octanol–water partition coefficient (Wildman–Crippen LogP) is 5.76. The molecule has 0 saturated heterocycles. The summed E-state index contributed by atoms with van der Waals surface area (Å²) in [5.74, 6) is 1.98. The molecule has 3 aromatic rings. The zero-order chi connectivity index (χ0) is 23.1. The van der Waals surface area contributed by atoms with Crippen LogP contribution in [0.3, 0.4) is 0 Å². The Morgan fingerprint density at radius 2 is 2.09 bits per heavy atom. The summed E-state index contributed by atoms with van der Waals surface area (Å²) in [4.78, 5) is 12.4. The van der Waals surface area contributed by atoms with Gasteiger partial charge in [-0.05, 0) is 53.2 Å². The molecule has 0 aliphatic rings. The van der Waals surface area contributed by atoms with Gasteiger partial charge in [-0.1, -0.05) is 35.5 Å². The van der Waals surface area contributed by atoms with Crippen molar-refractivity contribution in [2.45, 2.75) is 24.7 Å². The second-order valence-electron chi connectivity index (χ2n) is 6.64. The fraction of sp³-hybridized carbons (Fsp3) is 0.227. The lowest BCUT2D eigenvalue weighted by Crippen LogP contribution is -2.15. The SMILES string of the molecule is C=CCn1c(SCC(=O)Nc2ccc(Br)c(Cl)c2)nnc1C(C)Oc1cccc(OC)c1. The fourth-order valence-electron chi connectivity index (χ4n) is 2.84. The molecular formula is C22H22BrClN4O3S. The molecule has 7 nitrogen and oxygen atoms in total. The summed E-state index contributed by atoms with van der Waals surface area (Å²) >= 11 is 10.7. The molecule has 10 heteroatoms. The van der Waals surface area contributed by atoms with Crippen LogP contribution in [0, 0.1) is 0 Å². The number of nitrogens with zero attached hydrogens (tertiary/aromatic N) is 3. The van der Waals surface area contributed by atoms with Crippen molar-refractivity contribution in [2.24, 2.45) is 0 Å². The molecule has 0 spiro atoms. The molecule has 0 fully saturated rings. The van der Waals surface area contributed by atoms with Crippen molar-refractivity contribution in [1.82, 2.24) is 14.8 Å². The number of aromatic nitrogens is 3. The van der Waals surface area contributed by atoms with Gasteiger partial charge in [0.1, 0.15) is 11.5 Å². The quantitative estimate of drug-likeness (QED) is 0.262. The third-order valence-corrected chi connectivity index (χ3v) is 6.51. The molecule has 0 radical (unpaired) electrons. The van der Waals surface area contributed by atoms with Gasteiger partial charge in [-0.15, -0.1) is 16.8 Å². The lowest BCUT2D eigenvalue weighted by molar-refractivity contribution is -0.113. The Labute approximate surface area is 204 Å². The Hall–Kier alpha value is -2.49. The van der Waals surface area contributed by atoms with Gasteiger partial charge in [0.15, 0.2) is 17.1 Å². The highest BCUT2D eigenvalue weighted by atomic mass is 79.9. The second kappa shape index (κ2) is 11.4. The van der Waals surface area contributed by atoms with E-state index in [0.717, 1.165) is 4.47 Å². The third kappa shape index (κ3) is 6.27. The van der Waals surface area contributed by atoms with Gasteiger partial charge in [0, 0.05) is 22.8 Å². The minimum Gasteiger partial charge on any atom is -0.497 e. The van der Waals surface area contributed by atoms with E-state index in [2.05, 4.69) is 38.0 Å². The zero-order valence-corrected chi connectivity index (χ0v) is 20.7. The Bertz CT molecular complexity index is 1110. The molecule has 0 aliphatic carbocycles. The van der Waals surface area contributed by atoms with E-state index >= 15 is 0 Å². The summed E-state index contributed by atoms with van der Waals surface area (Å²) in [6, 6.07) is 12.6. The van der Waals surface area contributed by atoms with E-state index < -0.39 is 0 Å². The lowest BCUT2D eigenvalue weighted by Gasteiger charge is -2.16. The second-order valence-corrected chi connectivity index (χ2v) is 8.85. The first kappa shape index (κ1) is 24.2. The molecule has 1 aromatic heterocycles. The molecule has 3 rings (SSSR count). The van der Waals surface area contributed by atoms with Crippen LogP contribution in [-0.4, -0.2) is 33.5 Å². The number of ether oxygens (including phenoxy) is 2. The molecule has 1 N–H and O–H groups in total. The summed E-state index contributed by atoms with van der Waals surface area (Å²) in [6.07, 6.45) is 1.38. The molecule has 0 bridgehead atoms. The normalized spacial score (nSPS) is 11.6. The molecule has 1 amide bonds. The minimum atomic E-state index is -0.373. The smallest absolute Gasteiger partial charge is 0.234 e. The van der Waals surface area contributed by atoms with Crippen LogP contribution >= 0.6 is 39.3 Å². The predicted molar refractivity (Wildman–Crippen MR) is 131 cm³/mol. The van der Waals surface area contributed by atoms with Crippen molar-refractivity contribution < 1.29 is 14.3 Å². The number of amides is 1. The summed E-state index contributed by atoms with van der Waals surface area (Å²) in [5, 5.41) is 12.5. The van der Waals surface area contributed by atoms with Crippen molar-refractivity contribution in [3.05, 3.63) is 70.4 Å². The maximum atomic E-state index is 12.4. The molecular weight excluding hydrogens is 516 g/mol. The number of carbonyl (C=O) groups excluding carboxylic acids is 1. The number of methoxy groups -OCH3 is 1. The van der Waals surface area contributed by atoms with Crippen molar-refractivity contribution in [3.63, 3.8) is 0 Å². The van der Waals surface area contributed by atoms with Gasteiger partial charge in [0.25, 0.3) is 0 Å². The number of halogens is 2. The van der Waals surface area contributed by atoms with Crippen molar-refractivity contribution in [1.29, 1.82) is 0 Å². The number of rotatable bonds is 10. The van der Waals surface area contributed by atoms with Crippen LogP contribution in [0.4, 0.5) is 5.69 Å². The van der Waals surface area contributed by atoms with Gasteiger partial charge < -0.3 is 14.8 Å². The van der Waals surface area contributed by atoms with Gasteiger partial charge in [-0.2, -0.15) is 0 Å². The highest BCUT2D eigenvalue weighted by Gasteiger charge is 2.20. The molecule has 1 atom stereocenters. The highest BCUT2D eigenvalue weighted by Crippen LogP contribution is 2.28. The van der Waals surface area contributed by atoms with Crippen molar-refractivity contribution in [3.8, 4) is 11.5 Å². The standard InChI is InChI=1S/C22H22BrClN4O3S/c1-4-10-28-21(14(2)31-17-7-5-6-16(12-17)30-3)26-27-22(28)32-13-20(29)25-15-8-9-18(23)19(24)11-15/h4-9,11-12,14H,1,10,13H2,2-3H3,(H,25,29). The number of hydrogen-bond acceptors (Lipinski definition) is 6. The molecule has 1 heterocycles. The van der Waals surface area contributed by atoms with E-state index in [1.54, 1.807) is 37.5 Å². The first-order valence-electron chi connectivity index (χ1n) is 9.63. The van der Waals surface area contributed by atoms with Crippen LogP contribution in [0.25, 0.3) is 0 Å². The number of benzene rings is 2. The Balaban J connectivity index is 1.67. The van der Waals surface area contributed by atoms with Crippen LogP contribution in [0.1, 0.15) is 18.9 Å². The lowest BCUT2D eigenvalue weighted by atomic mass is 10.3. The highest BCUT2D eigenvalue weighted by molar-refractivity contribution is 9.10. The van der Waals surface area contributed by atoms with Gasteiger partial charge in [0.2, 0.25) is 5.91 Å². The molecule has 1 unspecified atom stereocenters. The number of hydrogen-bond donors (Lipinski definition) is 1. The summed E-state index contributed by atoms with van der Waals surface area (Å²) in [6.45, 7) is 6.19. The fourth-order valence-corrected chi connectivity index (χ4v) is 4.02. The first-order valence-corrected chi connectivity index (χ1v) is 11.8. The number of nitrogens with one attached hydrogen (secondary N) is 1. The average Bonchev–Trinajstić information content (AvgIpc) is 3.18. The zero-order valence-electron chi connectivity index (χ0n) is 17.5. The van der Waals surface area contributed by atoms with Crippen molar-refractivity contribution in [2.75, 3.05) is 18.2 Å². The van der Waals surface area contributed by atoms with Crippen LogP contribution in [-0.2, 0) is 11.3 Å². The van der Waals surface area contributed by atoms with E-state index in [-0.39, 0.29) is 17.8 Å². The number of anilines is 1. The monoisotopic (exact) mass is 536 g/mol. The third-order valence-electron chi connectivity index (χ3n) is 4.31. The van der Waals surface area contributed by atoms with E-state index in [1.807, 2.05) is 29.7 Å². The molecule has 0 saturated carbocycles. The number of allylic oxidation sites excluding steroid dienone is 1. The van der Waals surface area contributed by atoms with Crippen LogP contribution in [0.5, 0.6) is 11.5 Å². The van der Waals surface area contributed by atoms with Gasteiger partial charge in [-0.25, -0.2) is 0 Å². The van der Waals surface area contributed by atoms with E-state index in [0.29, 0.717) is 39.7 Å². The summed E-state index contributed by atoms with van der Waals surface area (Å²) < 4.78 is 13.9. The maximum Gasteiger partial charge on any atom is 0.234 e. The van der Waals surface area contributed by atoms with E-state index in [1.165, 1.54) is 11.8 Å². The van der Waals surface area contributed by atoms with E-state index in [9.17, 15) is 4.79 Å². The summed E-state index contributed by atoms with van der Waals surface area (Å²) in [5.41, 5.74) is 0.623. The van der Waals surface area contributed by atoms with E-state index in [4.69, 9.17) is 21.1 Å². The van der Waals surface area contributed by atoms with Gasteiger partial charge >= 0.3 is 0 Å². The Morgan fingerprint density at radius 3 is 2.81 bits per heavy atom. The Morgan fingerprint density at radius 1 is 1.31 bits per heavy atom. The minimum absolute atomic E-state index is 0.161. The van der Waals surface area contributed by atoms with Gasteiger partial charge in [-0.3, -0.25) is 9.36 Å². The molecule has 0 aliphatic heterocycles. The topological polar surface area (TPSA) is 78.3 Å². The number of thioether (sulfide) groups is 1. The first-order chi connectivity index (χ1) is 15.4. The number of carbonyl (C=O) groups is 1. The maximum absolute atomic E-state index is 12.4. The Kier molecular flexibility index (Phi) is 8.60. The largest absolute Gasteiger partial charge is 0.497 e. The van der Waals surface area contributed by atoms with Crippen molar-refractivity contribution >= 4 is 50.9 Å². The average molecular weight is 538 g/mol. The van der Waals surface area contributed by atoms with Gasteiger partial charge in [0.05, 0.1) is 17.9 Å². The molecule has 2 aromatic carbocycles.